The second-order valence-corrected chi connectivity index (χ2v) is 7.25. The molecule has 0 unspecified atom stereocenters. The van der Waals surface area contributed by atoms with E-state index in [0.717, 1.165) is 17.5 Å². The van der Waals surface area contributed by atoms with Crippen LogP contribution in [0.4, 0.5) is 0 Å². The zero-order chi connectivity index (χ0) is 18.5. The van der Waals surface area contributed by atoms with E-state index in [4.69, 9.17) is 23.2 Å². The van der Waals surface area contributed by atoms with Gasteiger partial charge in [-0.1, -0.05) is 47.5 Å². The van der Waals surface area contributed by atoms with Crippen molar-refractivity contribution in [1.29, 1.82) is 0 Å². The number of amides is 1. The highest BCUT2D eigenvalue weighted by atomic mass is 35.5. The Kier molecular flexibility index (Phi) is 6.20. The average molecular weight is 390 g/mol. The lowest BCUT2D eigenvalue weighted by Crippen LogP contribution is -2.41. The summed E-state index contributed by atoms with van der Waals surface area (Å²) in [5, 5.41) is 4.51. The largest absolute Gasteiger partial charge is 0.348 e. The van der Waals surface area contributed by atoms with Gasteiger partial charge in [0, 0.05) is 28.5 Å². The number of halogens is 2. The van der Waals surface area contributed by atoms with E-state index in [-0.39, 0.29) is 17.9 Å². The summed E-state index contributed by atoms with van der Waals surface area (Å²) in [6.45, 7) is 2.67. The molecular formula is C20H21Cl2N3O. The molecule has 3 N–H and O–H groups in total. The topological polar surface area (TPSA) is 53.2 Å². The summed E-state index contributed by atoms with van der Waals surface area (Å²) < 4.78 is 0. The van der Waals surface area contributed by atoms with Crippen LogP contribution in [-0.2, 0) is 11.2 Å². The third-order valence-electron chi connectivity index (χ3n) is 4.51. The van der Waals surface area contributed by atoms with Crippen LogP contribution >= 0.6 is 23.2 Å². The third-order valence-corrected chi connectivity index (χ3v) is 5.01. The van der Waals surface area contributed by atoms with Gasteiger partial charge in [0.1, 0.15) is 5.70 Å². The molecule has 0 fully saturated rings. The average Bonchev–Trinajstić information content (AvgIpc) is 3.17. The molecule has 0 aliphatic carbocycles. The maximum absolute atomic E-state index is 12.4. The molecule has 1 aliphatic heterocycles. The maximum atomic E-state index is 12.4. The minimum atomic E-state index is -0.113. The molecule has 0 aromatic heterocycles. The first-order valence-electron chi connectivity index (χ1n) is 8.53. The molecule has 1 aliphatic rings. The van der Waals surface area contributed by atoms with Crippen LogP contribution in [0.25, 0.3) is 0 Å². The van der Waals surface area contributed by atoms with Crippen molar-refractivity contribution >= 4 is 29.1 Å². The number of carbonyl (C=O) groups excluding carboxylic acids is 1. The van der Waals surface area contributed by atoms with Gasteiger partial charge in [-0.2, -0.15) is 0 Å². The van der Waals surface area contributed by atoms with Crippen molar-refractivity contribution in [3.63, 3.8) is 0 Å². The summed E-state index contributed by atoms with van der Waals surface area (Å²) >= 11 is 12.0. The van der Waals surface area contributed by atoms with Gasteiger partial charge in [-0.25, -0.2) is 5.43 Å². The Labute approximate surface area is 163 Å². The zero-order valence-electron chi connectivity index (χ0n) is 14.4. The first kappa shape index (κ1) is 18.8. The van der Waals surface area contributed by atoms with Crippen LogP contribution in [0.3, 0.4) is 0 Å². The normalized spacial score (nSPS) is 15.7. The predicted octanol–water partition coefficient (Wildman–Crippen LogP) is 3.82. The number of rotatable bonds is 6. The molecule has 0 saturated carbocycles. The van der Waals surface area contributed by atoms with Gasteiger partial charge in [-0.15, -0.1) is 0 Å². The molecule has 0 saturated heterocycles. The SMILES string of the molecule is C[C@@H](NC(=O)C1=CCNN1)[C@H](Cc1ccc(Cl)cc1)c1ccc(Cl)cc1. The van der Waals surface area contributed by atoms with Gasteiger partial charge >= 0.3 is 0 Å². The van der Waals surface area contributed by atoms with Crippen LogP contribution in [0.15, 0.2) is 60.3 Å². The zero-order valence-corrected chi connectivity index (χ0v) is 15.9. The summed E-state index contributed by atoms with van der Waals surface area (Å²) in [7, 11) is 0. The molecular weight excluding hydrogens is 369 g/mol. The van der Waals surface area contributed by atoms with Crippen LogP contribution in [-0.4, -0.2) is 18.5 Å². The van der Waals surface area contributed by atoms with Gasteiger partial charge in [0.2, 0.25) is 0 Å². The number of hydrazine groups is 1. The molecule has 2 atom stereocenters. The van der Waals surface area contributed by atoms with Crippen LogP contribution in [0, 0.1) is 0 Å². The van der Waals surface area contributed by atoms with Crippen molar-refractivity contribution in [1.82, 2.24) is 16.2 Å². The van der Waals surface area contributed by atoms with E-state index in [0.29, 0.717) is 22.3 Å². The van der Waals surface area contributed by atoms with Crippen molar-refractivity contribution in [3.8, 4) is 0 Å². The molecule has 0 radical (unpaired) electrons. The number of carbonyl (C=O) groups is 1. The molecule has 2 aromatic carbocycles. The minimum absolute atomic E-state index is 0.0670. The molecule has 4 nitrogen and oxygen atoms in total. The fourth-order valence-electron chi connectivity index (χ4n) is 3.05. The van der Waals surface area contributed by atoms with Crippen LogP contribution < -0.4 is 16.2 Å². The van der Waals surface area contributed by atoms with E-state index >= 15 is 0 Å². The van der Waals surface area contributed by atoms with Crippen molar-refractivity contribution in [2.75, 3.05) is 6.54 Å². The molecule has 6 heteroatoms. The second-order valence-electron chi connectivity index (χ2n) is 6.37. The van der Waals surface area contributed by atoms with Gasteiger partial charge in [0.25, 0.3) is 5.91 Å². The van der Waals surface area contributed by atoms with E-state index in [1.54, 1.807) is 0 Å². The van der Waals surface area contributed by atoms with Gasteiger partial charge in [-0.3, -0.25) is 4.79 Å². The number of benzene rings is 2. The van der Waals surface area contributed by atoms with Gasteiger partial charge in [0.15, 0.2) is 0 Å². The first-order chi connectivity index (χ1) is 12.5. The number of hydrogen-bond acceptors (Lipinski definition) is 3. The van der Waals surface area contributed by atoms with Crippen LogP contribution in [0.1, 0.15) is 24.0 Å². The number of nitrogens with one attached hydrogen (secondary N) is 3. The standard InChI is InChI=1S/C20H21Cl2N3O/c1-13(24-20(26)19-10-11-23-25-19)18(15-4-8-17(22)9-5-15)12-14-2-6-16(21)7-3-14/h2-10,13,18,23,25H,11-12H2,1H3,(H,24,26)/t13-,18+/m1/s1. The molecule has 0 spiro atoms. The fourth-order valence-corrected chi connectivity index (χ4v) is 3.30. The van der Waals surface area contributed by atoms with Crippen LogP contribution in [0.5, 0.6) is 0 Å². The quantitative estimate of drug-likeness (QED) is 0.703. The van der Waals surface area contributed by atoms with Crippen molar-refractivity contribution in [3.05, 3.63) is 81.5 Å². The van der Waals surface area contributed by atoms with Gasteiger partial charge in [-0.05, 0) is 54.8 Å². The summed E-state index contributed by atoms with van der Waals surface area (Å²) in [5.74, 6) is -0.00933. The van der Waals surface area contributed by atoms with Gasteiger partial charge in [0.05, 0.1) is 0 Å². The summed E-state index contributed by atoms with van der Waals surface area (Å²) in [6.07, 6.45) is 2.61. The Hall–Kier alpha value is -2.01. The Morgan fingerprint density at radius 1 is 1.08 bits per heavy atom. The molecule has 1 heterocycles. The fraction of sp³-hybridized carbons (Fsp3) is 0.250. The molecule has 2 aromatic rings. The number of hydrogen-bond donors (Lipinski definition) is 3. The molecule has 1 amide bonds. The van der Waals surface area contributed by atoms with Crippen molar-refractivity contribution < 1.29 is 4.79 Å². The highest BCUT2D eigenvalue weighted by Crippen LogP contribution is 2.27. The van der Waals surface area contributed by atoms with Crippen molar-refractivity contribution in [2.24, 2.45) is 0 Å². The summed E-state index contributed by atoms with van der Waals surface area (Å²) in [5.41, 5.74) is 8.62. The Balaban J connectivity index is 1.80. The Bertz CT molecular complexity index is 788. The highest BCUT2D eigenvalue weighted by molar-refractivity contribution is 6.30. The predicted molar refractivity (Wildman–Crippen MR) is 106 cm³/mol. The first-order valence-corrected chi connectivity index (χ1v) is 9.28. The van der Waals surface area contributed by atoms with E-state index in [1.165, 1.54) is 0 Å². The lowest BCUT2D eigenvalue weighted by atomic mass is 9.86. The summed E-state index contributed by atoms with van der Waals surface area (Å²) in [4.78, 5) is 12.4. The third kappa shape index (κ3) is 4.79. The highest BCUT2D eigenvalue weighted by Gasteiger charge is 2.23. The van der Waals surface area contributed by atoms with Crippen LogP contribution in [0.2, 0.25) is 10.0 Å². The molecule has 136 valence electrons. The van der Waals surface area contributed by atoms with E-state index in [2.05, 4.69) is 16.2 Å². The van der Waals surface area contributed by atoms with Crippen molar-refractivity contribution in [2.45, 2.75) is 25.3 Å². The second kappa shape index (κ2) is 8.58. The van der Waals surface area contributed by atoms with Gasteiger partial charge < -0.3 is 10.7 Å². The monoisotopic (exact) mass is 389 g/mol. The summed E-state index contributed by atoms with van der Waals surface area (Å²) in [6, 6.07) is 15.5. The molecule has 3 rings (SSSR count). The molecule has 26 heavy (non-hydrogen) atoms. The smallest absolute Gasteiger partial charge is 0.268 e. The Morgan fingerprint density at radius 2 is 1.69 bits per heavy atom. The maximum Gasteiger partial charge on any atom is 0.268 e. The Morgan fingerprint density at radius 3 is 2.27 bits per heavy atom. The van der Waals surface area contributed by atoms with E-state index < -0.39 is 0 Å². The van der Waals surface area contributed by atoms with E-state index in [1.807, 2.05) is 61.5 Å². The lowest BCUT2D eigenvalue weighted by Gasteiger charge is -2.26. The lowest BCUT2D eigenvalue weighted by molar-refractivity contribution is -0.118. The van der Waals surface area contributed by atoms with E-state index in [9.17, 15) is 4.79 Å². The minimum Gasteiger partial charge on any atom is -0.348 e. The molecule has 0 bridgehead atoms.